The lowest BCUT2D eigenvalue weighted by atomic mass is 10.0. The van der Waals surface area contributed by atoms with E-state index in [1.807, 2.05) is 0 Å². The summed E-state index contributed by atoms with van der Waals surface area (Å²) in [5.41, 5.74) is 0. The number of carbonyl (C=O) groups is 2. The lowest BCUT2D eigenvalue weighted by Crippen LogP contribution is -2.28. The predicted octanol–water partition coefficient (Wildman–Crippen LogP) is 14.0. The van der Waals surface area contributed by atoms with Crippen molar-refractivity contribution in [3.63, 3.8) is 0 Å². The average Bonchev–Trinajstić information content (AvgIpc) is 3.15. The molecule has 0 fully saturated rings. The Kier molecular flexibility index (Phi) is 41.0. The summed E-state index contributed by atoms with van der Waals surface area (Å²) in [4.78, 5) is 24.3. The number of unbranched alkanes of at least 4 members (excludes halogenated alkanes) is 21. The molecule has 0 saturated heterocycles. The predicted molar refractivity (Wildman–Crippen MR) is 223 cm³/mol. The van der Waals surface area contributed by atoms with Gasteiger partial charge in [-0.2, -0.15) is 0 Å². The van der Waals surface area contributed by atoms with Crippen molar-refractivity contribution in [3.05, 3.63) is 60.8 Å². The van der Waals surface area contributed by atoms with Crippen molar-refractivity contribution in [1.82, 2.24) is 0 Å². The number of hydrogen-bond acceptors (Lipinski definition) is 5. The van der Waals surface area contributed by atoms with Crippen LogP contribution in [0.3, 0.4) is 0 Å². The minimum atomic E-state index is -0.783. The summed E-state index contributed by atoms with van der Waals surface area (Å²) in [6.07, 6.45) is 55.8. The maximum absolute atomic E-state index is 12.2. The van der Waals surface area contributed by atoms with Crippen LogP contribution in [0.4, 0.5) is 0 Å². The monoisotopic (exact) mass is 727 g/mol. The van der Waals surface area contributed by atoms with Crippen LogP contribution in [0.5, 0.6) is 0 Å². The summed E-state index contributed by atoms with van der Waals surface area (Å²) in [5.74, 6) is -0.619. The van der Waals surface area contributed by atoms with Gasteiger partial charge in [-0.1, -0.05) is 177 Å². The Balaban J connectivity index is 3.57. The Bertz CT molecular complexity index is 915. The Hall–Kier alpha value is -2.40. The van der Waals surface area contributed by atoms with Crippen LogP contribution < -0.4 is 0 Å². The van der Waals surface area contributed by atoms with Gasteiger partial charge in [0.05, 0.1) is 6.61 Å². The zero-order valence-corrected chi connectivity index (χ0v) is 34.1. The van der Waals surface area contributed by atoms with Crippen molar-refractivity contribution in [3.8, 4) is 0 Å². The fraction of sp³-hybridized carbons (Fsp3) is 0.745. The molecule has 0 aliphatic carbocycles. The molecule has 5 heteroatoms. The van der Waals surface area contributed by atoms with Gasteiger partial charge in [0.1, 0.15) is 6.61 Å². The molecule has 0 heterocycles. The number of hydrogen-bond donors (Lipinski definition) is 1. The summed E-state index contributed by atoms with van der Waals surface area (Å²) in [6, 6.07) is 0. The molecule has 300 valence electrons. The molecule has 0 unspecified atom stereocenters. The Morgan fingerprint density at radius 3 is 1.27 bits per heavy atom. The Labute approximate surface area is 321 Å². The van der Waals surface area contributed by atoms with E-state index < -0.39 is 6.10 Å². The molecule has 0 amide bonds. The molecule has 52 heavy (non-hydrogen) atoms. The van der Waals surface area contributed by atoms with Crippen LogP contribution in [0.1, 0.15) is 206 Å². The molecule has 0 aromatic rings. The van der Waals surface area contributed by atoms with Crippen LogP contribution in [0.2, 0.25) is 0 Å². The number of carbonyl (C=O) groups excluding carboxylic acids is 2. The highest BCUT2D eigenvalue weighted by Crippen LogP contribution is 2.14. The van der Waals surface area contributed by atoms with E-state index in [0.717, 1.165) is 77.0 Å². The number of ether oxygens (including phenoxy) is 2. The van der Waals surface area contributed by atoms with Gasteiger partial charge in [0.25, 0.3) is 0 Å². The van der Waals surface area contributed by atoms with Crippen LogP contribution in [0.25, 0.3) is 0 Å². The zero-order valence-electron chi connectivity index (χ0n) is 34.1. The number of aliphatic hydroxyl groups is 1. The Morgan fingerprint density at radius 2 is 0.827 bits per heavy atom. The third-order valence-corrected chi connectivity index (χ3v) is 9.30. The quantitative estimate of drug-likeness (QED) is 0.0388. The fourth-order valence-electron chi connectivity index (χ4n) is 6.01. The van der Waals surface area contributed by atoms with E-state index >= 15 is 0 Å². The lowest BCUT2D eigenvalue weighted by Gasteiger charge is -2.15. The molecule has 1 atom stereocenters. The highest BCUT2D eigenvalue weighted by molar-refractivity contribution is 5.70. The third kappa shape index (κ3) is 40.4. The highest BCUT2D eigenvalue weighted by Gasteiger charge is 2.16. The molecular formula is C47H82O5. The normalized spacial score (nSPS) is 12.8. The molecule has 0 radical (unpaired) electrons. The molecular weight excluding hydrogens is 645 g/mol. The second-order valence-corrected chi connectivity index (χ2v) is 14.4. The van der Waals surface area contributed by atoms with E-state index in [1.54, 1.807) is 0 Å². The van der Waals surface area contributed by atoms with E-state index in [4.69, 9.17) is 9.47 Å². The first-order valence-electron chi connectivity index (χ1n) is 21.8. The topological polar surface area (TPSA) is 72.8 Å². The van der Waals surface area contributed by atoms with E-state index in [1.165, 1.54) is 103 Å². The molecule has 0 aliphatic rings. The van der Waals surface area contributed by atoms with Crippen molar-refractivity contribution in [2.24, 2.45) is 0 Å². The van der Waals surface area contributed by atoms with Gasteiger partial charge < -0.3 is 14.6 Å². The highest BCUT2D eigenvalue weighted by atomic mass is 16.6. The van der Waals surface area contributed by atoms with Crippen LogP contribution in [0.15, 0.2) is 60.8 Å². The van der Waals surface area contributed by atoms with E-state index in [-0.39, 0.29) is 25.2 Å². The second kappa shape index (κ2) is 43.0. The first-order valence-corrected chi connectivity index (χ1v) is 21.8. The molecule has 0 spiro atoms. The van der Waals surface area contributed by atoms with Gasteiger partial charge in [-0.15, -0.1) is 0 Å². The summed E-state index contributed by atoms with van der Waals surface area (Å²) >= 11 is 0. The van der Waals surface area contributed by atoms with Gasteiger partial charge in [-0.3, -0.25) is 9.59 Å². The maximum Gasteiger partial charge on any atom is 0.306 e. The van der Waals surface area contributed by atoms with Crippen LogP contribution in [0, 0.1) is 0 Å². The van der Waals surface area contributed by atoms with E-state index in [2.05, 4.69) is 74.6 Å². The van der Waals surface area contributed by atoms with Crippen molar-refractivity contribution in [2.75, 3.05) is 13.2 Å². The minimum Gasteiger partial charge on any atom is -0.462 e. The second-order valence-electron chi connectivity index (χ2n) is 14.4. The number of esters is 2. The Morgan fingerprint density at radius 1 is 0.462 bits per heavy atom. The maximum atomic E-state index is 12.2. The largest absolute Gasteiger partial charge is 0.462 e. The molecule has 0 aliphatic heterocycles. The summed E-state index contributed by atoms with van der Waals surface area (Å²) in [7, 11) is 0. The summed E-state index contributed by atoms with van der Waals surface area (Å²) < 4.78 is 10.6. The van der Waals surface area contributed by atoms with Gasteiger partial charge in [0, 0.05) is 12.8 Å². The summed E-state index contributed by atoms with van der Waals surface area (Å²) in [6.45, 7) is 4.00. The molecule has 0 aromatic heterocycles. The van der Waals surface area contributed by atoms with Crippen molar-refractivity contribution < 1.29 is 24.2 Å². The van der Waals surface area contributed by atoms with Crippen LogP contribution in [-0.4, -0.2) is 36.4 Å². The summed E-state index contributed by atoms with van der Waals surface area (Å²) in [5, 5.41) is 9.58. The smallest absolute Gasteiger partial charge is 0.306 e. The van der Waals surface area contributed by atoms with E-state index in [0.29, 0.717) is 12.8 Å². The van der Waals surface area contributed by atoms with E-state index in [9.17, 15) is 14.7 Å². The van der Waals surface area contributed by atoms with Crippen LogP contribution in [-0.2, 0) is 19.1 Å². The zero-order chi connectivity index (χ0) is 37.8. The number of aliphatic hydroxyl groups excluding tert-OH is 1. The van der Waals surface area contributed by atoms with Crippen molar-refractivity contribution in [2.45, 2.75) is 213 Å². The standard InChI is InChI=1S/C47H82O5/c1-3-5-7-9-11-13-15-17-19-21-22-23-24-26-28-30-32-34-36-38-40-42-47(50)52-45(43-48)44-51-46(49)41-39-37-35-33-31-29-27-25-20-18-16-14-12-10-8-6-4-2/h6,8,12,14,17-20,27,29,45,48H,3-5,7,9-11,13,15-16,21-26,28,30-44H2,1-2H3/b8-6-,14-12-,19-17-,20-18-,29-27-/t45-/m0/s1. The van der Waals surface area contributed by atoms with Gasteiger partial charge in [0.2, 0.25) is 0 Å². The molecule has 1 N–H and O–H groups in total. The minimum absolute atomic E-state index is 0.0801. The average molecular weight is 727 g/mol. The lowest BCUT2D eigenvalue weighted by molar-refractivity contribution is -0.161. The number of rotatable bonds is 39. The number of allylic oxidation sites excluding steroid dienone is 10. The first-order chi connectivity index (χ1) is 25.6. The third-order valence-electron chi connectivity index (χ3n) is 9.30. The SMILES string of the molecule is CC/C=C\C/C=C\C/C=C\C/C=C\CCCCCCC(=O)OC[C@H](CO)OC(=O)CCCCCCCCCCCCC/C=C\CCCCCCCC. The van der Waals surface area contributed by atoms with Crippen LogP contribution >= 0.6 is 0 Å². The van der Waals surface area contributed by atoms with Gasteiger partial charge in [0.15, 0.2) is 6.10 Å². The fourth-order valence-corrected chi connectivity index (χ4v) is 6.01. The van der Waals surface area contributed by atoms with Crippen molar-refractivity contribution in [1.29, 1.82) is 0 Å². The first kappa shape index (κ1) is 49.6. The molecule has 5 nitrogen and oxygen atoms in total. The molecule has 0 bridgehead atoms. The molecule has 0 aromatic carbocycles. The molecule has 0 rings (SSSR count). The van der Waals surface area contributed by atoms with Gasteiger partial charge in [-0.05, 0) is 77.0 Å². The van der Waals surface area contributed by atoms with Crippen molar-refractivity contribution >= 4 is 11.9 Å². The van der Waals surface area contributed by atoms with Gasteiger partial charge >= 0.3 is 11.9 Å². The van der Waals surface area contributed by atoms with Gasteiger partial charge in [-0.25, -0.2) is 0 Å². The molecule has 0 saturated carbocycles.